The fourth-order valence-electron chi connectivity index (χ4n) is 0.347. The van der Waals surface area contributed by atoms with Crippen molar-refractivity contribution >= 4 is 11.9 Å². The third-order valence-corrected chi connectivity index (χ3v) is 0.724. The van der Waals surface area contributed by atoms with Crippen molar-refractivity contribution in [1.29, 1.82) is 0 Å². The number of hydrogen-bond acceptors (Lipinski definition) is 4. The van der Waals surface area contributed by atoms with E-state index in [1.54, 1.807) is 0 Å². The average Bonchev–Trinajstić information content (AvgIpc) is 1.97. The Labute approximate surface area is 63.4 Å². The first kappa shape index (κ1) is 9.64. The highest BCUT2D eigenvalue weighted by Gasteiger charge is 1.95. The lowest BCUT2D eigenvalue weighted by Gasteiger charge is -1.95. The van der Waals surface area contributed by atoms with E-state index in [-0.39, 0.29) is 13.2 Å². The number of ether oxygens (including phenoxy) is 1. The van der Waals surface area contributed by atoms with Gasteiger partial charge >= 0.3 is 11.9 Å². The maximum Gasteiger partial charge on any atom is 0.331 e. The van der Waals surface area contributed by atoms with Crippen LogP contribution < -0.4 is 5.73 Å². The Morgan fingerprint density at radius 1 is 1.45 bits per heavy atom. The molecule has 0 aromatic heterocycles. The van der Waals surface area contributed by atoms with Crippen LogP contribution in [0.2, 0.25) is 0 Å². The quantitative estimate of drug-likeness (QED) is 0.411. The molecule has 5 heteroatoms. The predicted octanol–water partition coefficient (Wildman–Crippen LogP) is -0.871. The lowest BCUT2D eigenvalue weighted by Crippen LogP contribution is -2.11. The molecule has 0 radical (unpaired) electrons. The molecule has 0 heterocycles. The number of esters is 1. The first-order chi connectivity index (χ1) is 5.16. The molecule has 0 aliphatic rings. The summed E-state index contributed by atoms with van der Waals surface area (Å²) in [5, 5.41) is 8.07. The lowest BCUT2D eigenvalue weighted by molar-refractivity contribution is -0.138. The summed E-state index contributed by atoms with van der Waals surface area (Å²) in [6.45, 7) is 0.329. The largest absolute Gasteiger partial charge is 0.478 e. The predicted molar refractivity (Wildman–Crippen MR) is 36.8 cm³/mol. The first-order valence-corrected chi connectivity index (χ1v) is 2.94. The normalized spacial score (nSPS) is 9.91. The molecule has 0 aromatic rings. The van der Waals surface area contributed by atoms with Gasteiger partial charge in [-0.05, 0) is 0 Å². The molecule has 0 spiro atoms. The van der Waals surface area contributed by atoms with Crippen molar-refractivity contribution in [3.05, 3.63) is 12.2 Å². The molecular weight excluding hydrogens is 150 g/mol. The third kappa shape index (κ3) is 6.53. The first-order valence-electron chi connectivity index (χ1n) is 2.94. The zero-order valence-corrected chi connectivity index (χ0v) is 5.82. The summed E-state index contributed by atoms with van der Waals surface area (Å²) >= 11 is 0. The van der Waals surface area contributed by atoms with E-state index < -0.39 is 11.9 Å². The molecule has 3 N–H and O–H groups in total. The van der Waals surface area contributed by atoms with Crippen LogP contribution in [0.5, 0.6) is 0 Å². The summed E-state index contributed by atoms with van der Waals surface area (Å²) in [5.74, 6) is -1.88. The van der Waals surface area contributed by atoms with Crippen LogP contribution in [0.15, 0.2) is 12.2 Å². The van der Waals surface area contributed by atoms with Crippen molar-refractivity contribution in [3.8, 4) is 0 Å². The zero-order valence-electron chi connectivity index (χ0n) is 5.82. The number of carbonyl (C=O) groups is 2. The molecule has 0 unspecified atom stereocenters. The Balaban J connectivity index is 3.60. The molecule has 0 bridgehead atoms. The summed E-state index contributed by atoms with van der Waals surface area (Å²) in [5.41, 5.74) is 5.02. The van der Waals surface area contributed by atoms with Crippen LogP contribution in [0.25, 0.3) is 0 Å². The molecule has 0 saturated heterocycles. The Morgan fingerprint density at radius 2 is 2.09 bits per heavy atom. The van der Waals surface area contributed by atoms with Crippen molar-refractivity contribution in [3.63, 3.8) is 0 Å². The second-order valence-corrected chi connectivity index (χ2v) is 1.63. The van der Waals surface area contributed by atoms with Crippen LogP contribution in [-0.4, -0.2) is 30.2 Å². The van der Waals surface area contributed by atoms with E-state index in [2.05, 4.69) is 4.74 Å². The van der Waals surface area contributed by atoms with E-state index in [0.717, 1.165) is 6.08 Å². The number of carbonyl (C=O) groups excluding carboxylic acids is 1. The van der Waals surface area contributed by atoms with Crippen LogP contribution in [0.3, 0.4) is 0 Å². The van der Waals surface area contributed by atoms with Gasteiger partial charge in [-0.1, -0.05) is 0 Å². The Bertz CT molecular complexity index is 175. The molecule has 62 valence electrons. The summed E-state index contributed by atoms with van der Waals surface area (Å²) in [7, 11) is 0. The van der Waals surface area contributed by atoms with E-state index >= 15 is 0 Å². The molecule has 5 nitrogen and oxygen atoms in total. The van der Waals surface area contributed by atoms with Crippen LogP contribution >= 0.6 is 0 Å². The van der Waals surface area contributed by atoms with Crippen LogP contribution in [0.1, 0.15) is 0 Å². The second kappa shape index (κ2) is 5.43. The molecule has 0 aliphatic carbocycles. The maximum absolute atomic E-state index is 10.5. The molecule has 0 fully saturated rings. The monoisotopic (exact) mass is 159 g/mol. The standard InChI is InChI=1S/C6H9NO4/c7-3-4-11-6(10)2-1-5(8)9/h1-2H,3-4,7H2,(H,8,9). The fraction of sp³-hybridized carbons (Fsp3) is 0.333. The summed E-state index contributed by atoms with van der Waals surface area (Å²) in [6.07, 6.45) is 1.54. The minimum absolute atomic E-state index is 0.1000. The highest BCUT2D eigenvalue weighted by molar-refractivity contribution is 5.90. The SMILES string of the molecule is NCCOC(=O)C=CC(=O)O. The fourth-order valence-corrected chi connectivity index (χ4v) is 0.347. The van der Waals surface area contributed by atoms with Crippen molar-refractivity contribution in [2.75, 3.05) is 13.2 Å². The average molecular weight is 159 g/mol. The molecule has 0 amide bonds. The van der Waals surface area contributed by atoms with Crippen molar-refractivity contribution < 1.29 is 19.4 Å². The van der Waals surface area contributed by atoms with Gasteiger partial charge in [0.05, 0.1) is 0 Å². The molecule has 11 heavy (non-hydrogen) atoms. The summed E-state index contributed by atoms with van der Waals surface area (Å²) < 4.78 is 4.43. The van der Waals surface area contributed by atoms with Gasteiger partial charge in [-0.2, -0.15) is 0 Å². The van der Waals surface area contributed by atoms with Gasteiger partial charge in [-0.25, -0.2) is 9.59 Å². The van der Waals surface area contributed by atoms with Gasteiger partial charge in [0.15, 0.2) is 0 Å². The minimum Gasteiger partial charge on any atom is -0.478 e. The maximum atomic E-state index is 10.5. The Hall–Kier alpha value is -1.36. The van der Waals surface area contributed by atoms with Gasteiger partial charge in [0.1, 0.15) is 6.61 Å². The van der Waals surface area contributed by atoms with E-state index in [0.29, 0.717) is 6.08 Å². The van der Waals surface area contributed by atoms with Gasteiger partial charge in [-0.15, -0.1) is 0 Å². The zero-order chi connectivity index (χ0) is 8.69. The van der Waals surface area contributed by atoms with Crippen LogP contribution in [-0.2, 0) is 14.3 Å². The third-order valence-electron chi connectivity index (χ3n) is 0.724. The van der Waals surface area contributed by atoms with Gasteiger partial charge in [0.25, 0.3) is 0 Å². The van der Waals surface area contributed by atoms with Crippen LogP contribution in [0, 0.1) is 0 Å². The number of rotatable bonds is 4. The molecule has 0 rings (SSSR count). The number of aliphatic carboxylic acids is 1. The van der Waals surface area contributed by atoms with E-state index in [1.165, 1.54) is 0 Å². The topological polar surface area (TPSA) is 89.6 Å². The van der Waals surface area contributed by atoms with Gasteiger partial charge in [0.2, 0.25) is 0 Å². The Kier molecular flexibility index (Phi) is 4.76. The summed E-state index contributed by atoms with van der Waals surface area (Å²) in [4.78, 5) is 20.3. The Morgan fingerprint density at radius 3 is 2.55 bits per heavy atom. The minimum atomic E-state index is -1.19. The highest BCUT2D eigenvalue weighted by Crippen LogP contribution is 1.80. The van der Waals surface area contributed by atoms with E-state index in [1.807, 2.05) is 0 Å². The molecule has 0 aliphatic heterocycles. The number of carboxylic acids is 1. The molecule has 0 saturated carbocycles. The van der Waals surface area contributed by atoms with Crippen molar-refractivity contribution in [2.45, 2.75) is 0 Å². The van der Waals surface area contributed by atoms with Crippen molar-refractivity contribution in [1.82, 2.24) is 0 Å². The highest BCUT2D eigenvalue weighted by atomic mass is 16.5. The van der Waals surface area contributed by atoms with Gasteiger partial charge < -0.3 is 15.6 Å². The van der Waals surface area contributed by atoms with Gasteiger partial charge in [0, 0.05) is 18.7 Å². The lowest BCUT2D eigenvalue weighted by atomic mass is 10.5. The van der Waals surface area contributed by atoms with Crippen LogP contribution in [0.4, 0.5) is 0 Å². The number of nitrogens with two attached hydrogens (primary N) is 1. The molecule has 0 aromatic carbocycles. The summed E-state index contributed by atoms with van der Waals surface area (Å²) in [6, 6.07) is 0. The second-order valence-electron chi connectivity index (χ2n) is 1.63. The van der Waals surface area contributed by atoms with Crippen molar-refractivity contribution in [2.24, 2.45) is 5.73 Å². The van der Waals surface area contributed by atoms with E-state index in [9.17, 15) is 9.59 Å². The molecule has 0 atom stereocenters. The number of carboxylic acid groups (broad SMARTS) is 1. The number of hydrogen-bond donors (Lipinski definition) is 2. The van der Waals surface area contributed by atoms with E-state index in [4.69, 9.17) is 10.8 Å². The van der Waals surface area contributed by atoms with Gasteiger partial charge in [-0.3, -0.25) is 0 Å². The molecular formula is C6H9NO4. The smallest absolute Gasteiger partial charge is 0.331 e.